The molecule has 1 aromatic carbocycles. The molecule has 0 aromatic heterocycles. The summed E-state index contributed by atoms with van der Waals surface area (Å²) in [7, 11) is 0. The maximum atomic E-state index is 9.66. The minimum Gasteiger partial charge on any atom is -0.390 e. The summed E-state index contributed by atoms with van der Waals surface area (Å²) in [5, 5.41) is 19.2. The molecule has 0 saturated carbocycles. The predicted molar refractivity (Wildman–Crippen MR) is 53.8 cm³/mol. The zero-order chi connectivity index (χ0) is 9.42. The van der Waals surface area contributed by atoms with Gasteiger partial charge in [0.1, 0.15) is 6.10 Å². The Labute approximate surface area is 82.6 Å². The monoisotopic (exact) mass is 196 g/mol. The number of thiol groups is 1. The fourth-order valence-electron chi connectivity index (χ4n) is 1.78. The van der Waals surface area contributed by atoms with Crippen LogP contribution < -0.4 is 0 Å². The van der Waals surface area contributed by atoms with Gasteiger partial charge in [0.2, 0.25) is 0 Å². The van der Waals surface area contributed by atoms with Crippen LogP contribution in [0.25, 0.3) is 0 Å². The van der Waals surface area contributed by atoms with E-state index in [2.05, 4.69) is 12.6 Å². The summed E-state index contributed by atoms with van der Waals surface area (Å²) in [6, 6.07) is 7.57. The molecule has 1 aliphatic rings. The van der Waals surface area contributed by atoms with E-state index in [-0.39, 0.29) is 5.25 Å². The second-order valence-electron chi connectivity index (χ2n) is 3.39. The number of benzene rings is 1. The van der Waals surface area contributed by atoms with Gasteiger partial charge >= 0.3 is 0 Å². The molecule has 2 nitrogen and oxygen atoms in total. The van der Waals surface area contributed by atoms with E-state index in [9.17, 15) is 10.2 Å². The highest BCUT2D eigenvalue weighted by molar-refractivity contribution is 7.80. The van der Waals surface area contributed by atoms with E-state index in [0.717, 1.165) is 11.1 Å². The van der Waals surface area contributed by atoms with Crippen molar-refractivity contribution in [3.8, 4) is 0 Å². The second-order valence-corrected chi connectivity index (χ2v) is 4.02. The molecule has 1 aliphatic carbocycles. The Morgan fingerprint density at radius 3 is 2.46 bits per heavy atom. The Balaban J connectivity index is 2.47. The van der Waals surface area contributed by atoms with Crippen LogP contribution in [0, 0.1) is 0 Å². The zero-order valence-electron chi connectivity index (χ0n) is 7.09. The van der Waals surface area contributed by atoms with Gasteiger partial charge in [-0.1, -0.05) is 24.3 Å². The van der Waals surface area contributed by atoms with Gasteiger partial charge in [-0.15, -0.1) is 0 Å². The SMILES string of the molecule is OC1CC(S)c2ccccc2C1O. The van der Waals surface area contributed by atoms with Crippen LogP contribution in [-0.4, -0.2) is 16.3 Å². The minimum atomic E-state index is -0.750. The summed E-state index contributed by atoms with van der Waals surface area (Å²) < 4.78 is 0. The standard InChI is InChI=1S/C10H12O2S/c11-8-5-9(13)6-3-1-2-4-7(6)10(8)12/h1-4,8-13H,5H2. The van der Waals surface area contributed by atoms with Crippen LogP contribution >= 0.6 is 12.6 Å². The van der Waals surface area contributed by atoms with Gasteiger partial charge in [-0.25, -0.2) is 0 Å². The number of fused-ring (bicyclic) bond motifs is 1. The number of aliphatic hydroxyl groups is 2. The van der Waals surface area contributed by atoms with E-state index in [0.29, 0.717) is 6.42 Å². The summed E-state index contributed by atoms with van der Waals surface area (Å²) in [6.07, 6.45) is -0.918. The van der Waals surface area contributed by atoms with Gasteiger partial charge < -0.3 is 10.2 Å². The molecule has 0 spiro atoms. The molecule has 0 saturated heterocycles. The third-order valence-electron chi connectivity index (χ3n) is 2.50. The number of hydrogen-bond donors (Lipinski definition) is 3. The highest BCUT2D eigenvalue weighted by atomic mass is 32.1. The van der Waals surface area contributed by atoms with Crippen LogP contribution in [0.4, 0.5) is 0 Å². The lowest BCUT2D eigenvalue weighted by atomic mass is 9.87. The summed E-state index contributed by atoms with van der Waals surface area (Å²) in [5.41, 5.74) is 1.84. The van der Waals surface area contributed by atoms with Crippen molar-refractivity contribution >= 4 is 12.6 Å². The van der Waals surface area contributed by atoms with E-state index < -0.39 is 12.2 Å². The highest BCUT2D eigenvalue weighted by Crippen LogP contribution is 2.39. The fourth-order valence-corrected chi connectivity index (χ4v) is 2.23. The van der Waals surface area contributed by atoms with Crippen molar-refractivity contribution in [2.45, 2.75) is 23.9 Å². The second kappa shape index (κ2) is 3.33. The van der Waals surface area contributed by atoms with E-state index in [1.807, 2.05) is 24.3 Å². The maximum Gasteiger partial charge on any atom is 0.105 e. The molecule has 0 radical (unpaired) electrons. The van der Waals surface area contributed by atoms with E-state index >= 15 is 0 Å². The van der Waals surface area contributed by atoms with E-state index in [4.69, 9.17) is 0 Å². The molecular weight excluding hydrogens is 184 g/mol. The molecule has 3 unspecified atom stereocenters. The molecule has 0 aliphatic heterocycles. The average molecular weight is 196 g/mol. The summed E-state index contributed by atoms with van der Waals surface area (Å²) in [6.45, 7) is 0. The summed E-state index contributed by atoms with van der Waals surface area (Å²) in [4.78, 5) is 0. The summed E-state index contributed by atoms with van der Waals surface area (Å²) in [5.74, 6) is 0. The Morgan fingerprint density at radius 2 is 1.77 bits per heavy atom. The van der Waals surface area contributed by atoms with Gasteiger partial charge in [-0.2, -0.15) is 12.6 Å². The molecule has 3 heteroatoms. The van der Waals surface area contributed by atoms with Gasteiger partial charge in [-0.3, -0.25) is 0 Å². The zero-order valence-corrected chi connectivity index (χ0v) is 7.98. The quantitative estimate of drug-likeness (QED) is 0.550. The van der Waals surface area contributed by atoms with Crippen LogP contribution in [0.5, 0.6) is 0 Å². The number of hydrogen-bond acceptors (Lipinski definition) is 3. The predicted octanol–water partition coefficient (Wildman–Crippen LogP) is 1.46. The lowest BCUT2D eigenvalue weighted by molar-refractivity contribution is 0.00597. The Kier molecular flexibility index (Phi) is 2.32. The first-order valence-corrected chi connectivity index (χ1v) is 4.85. The Hall–Kier alpha value is -0.510. The lowest BCUT2D eigenvalue weighted by Gasteiger charge is -2.30. The van der Waals surface area contributed by atoms with E-state index in [1.54, 1.807) is 0 Å². The maximum absolute atomic E-state index is 9.66. The van der Waals surface area contributed by atoms with Gasteiger partial charge in [0.15, 0.2) is 0 Å². The average Bonchev–Trinajstić information content (AvgIpc) is 2.15. The van der Waals surface area contributed by atoms with Crippen molar-refractivity contribution in [1.29, 1.82) is 0 Å². The third kappa shape index (κ3) is 1.47. The van der Waals surface area contributed by atoms with Crippen LogP contribution in [0.3, 0.4) is 0 Å². The molecule has 0 heterocycles. The third-order valence-corrected chi connectivity index (χ3v) is 2.99. The van der Waals surface area contributed by atoms with Crippen molar-refractivity contribution < 1.29 is 10.2 Å². The van der Waals surface area contributed by atoms with Gasteiger partial charge in [0, 0.05) is 5.25 Å². The molecule has 0 amide bonds. The van der Waals surface area contributed by atoms with Crippen molar-refractivity contribution in [3.05, 3.63) is 35.4 Å². The topological polar surface area (TPSA) is 40.5 Å². The molecule has 3 atom stereocenters. The first-order valence-electron chi connectivity index (χ1n) is 4.33. The largest absolute Gasteiger partial charge is 0.390 e. The molecule has 0 bridgehead atoms. The number of aliphatic hydroxyl groups excluding tert-OH is 2. The highest BCUT2D eigenvalue weighted by Gasteiger charge is 2.30. The van der Waals surface area contributed by atoms with Gasteiger partial charge in [0.05, 0.1) is 6.10 Å². The molecule has 0 fully saturated rings. The molecule has 2 rings (SSSR count). The Morgan fingerprint density at radius 1 is 1.15 bits per heavy atom. The smallest absolute Gasteiger partial charge is 0.105 e. The fraction of sp³-hybridized carbons (Fsp3) is 0.400. The Bertz CT molecular complexity index is 314. The van der Waals surface area contributed by atoms with Crippen LogP contribution in [-0.2, 0) is 0 Å². The molecule has 1 aromatic rings. The van der Waals surface area contributed by atoms with Crippen molar-refractivity contribution in [1.82, 2.24) is 0 Å². The summed E-state index contributed by atoms with van der Waals surface area (Å²) >= 11 is 4.37. The minimum absolute atomic E-state index is 0.0367. The van der Waals surface area contributed by atoms with Crippen molar-refractivity contribution in [2.75, 3.05) is 0 Å². The molecule has 2 N–H and O–H groups in total. The van der Waals surface area contributed by atoms with Crippen LogP contribution in [0.2, 0.25) is 0 Å². The van der Waals surface area contributed by atoms with Crippen LogP contribution in [0.15, 0.2) is 24.3 Å². The van der Waals surface area contributed by atoms with Crippen molar-refractivity contribution in [2.24, 2.45) is 0 Å². The van der Waals surface area contributed by atoms with Gasteiger partial charge in [0.25, 0.3) is 0 Å². The first kappa shape index (κ1) is 9.06. The van der Waals surface area contributed by atoms with Crippen LogP contribution in [0.1, 0.15) is 28.9 Å². The molecular formula is C10H12O2S. The molecule has 13 heavy (non-hydrogen) atoms. The lowest BCUT2D eigenvalue weighted by Crippen LogP contribution is -2.26. The first-order chi connectivity index (χ1) is 6.20. The van der Waals surface area contributed by atoms with Gasteiger partial charge in [-0.05, 0) is 17.5 Å². The number of rotatable bonds is 0. The normalized spacial score (nSPS) is 32.7. The molecule has 70 valence electrons. The van der Waals surface area contributed by atoms with E-state index in [1.165, 1.54) is 0 Å². The van der Waals surface area contributed by atoms with Crippen molar-refractivity contribution in [3.63, 3.8) is 0 Å².